The number of halogens is 1. The van der Waals surface area contributed by atoms with Gasteiger partial charge in [0.2, 0.25) is 10.0 Å². The van der Waals surface area contributed by atoms with Gasteiger partial charge in [0.25, 0.3) is 5.91 Å². The van der Waals surface area contributed by atoms with Gasteiger partial charge in [-0.15, -0.1) is 11.6 Å². The van der Waals surface area contributed by atoms with Crippen LogP contribution in [0, 0.1) is 16.7 Å². The van der Waals surface area contributed by atoms with E-state index in [4.69, 9.17) is 17.3 Å². The number of nitrogens with zero attached hydrogens (tertiary/aromatic N) is 1. The molecule has 1 aliphatic heterocycles. The topological polar surface area (TPSA) is 80.5 Å². The molecule has 0 aromatic heterocycles. The molecule has 7 heteroatoms. The van der Waals surface area contributed by atoms with Crippen LogP contribution in [0.3, 0.4) is 0 Å². The fraction of sp³-hybridized carbons (Fsp3) is 0.938. The lowest BCUT2D eigenvalue weighted by Gasteiger charge is -2.37. The fourth-order valence-corrected chi connectivity index (χ4v) is 8.10. The number of hydrogen-bond acceptors (Lipinski definition) is 4. The van der Waals surface area contributed by atoms with Crippen LogP contribution in [0.15, 0.2) is 0 Å². The van der Waals surface area contributed by atoms with Crippen LogP contribution in [0.25, 0.3) is 0 Å². The van der Waals surface area contributed by atoms with Crippen LogP contribution in [0.2, 0.25) is 0 Å². The van der Waals surface area contributed by atoms with Gasteiger partial charge in [-0.2, -0.15) is 0 Å². The highest BCUT2D eigenvalue weighted by Gasteiger charge is 2.72. The molecule has 132 valence electrons. The van der Waals surface area contributed by atoms with Crippen molar-refractivity contribution < 1.29 is 13.2 Å². The van der Waals surface area contributed by atoms with Gasteiger partial charge in [-0.3, -0.25) is 4.79 Å². The van der Waals surface area contributed by atoms with Crippen molar-refractivity contribution in [3.63, 3.8) is 0 Å². The third-order valence-electron chi connectivity index (χ3n) is 6.84. The average molecular weight is 367 g/mol. The average Bonchev–Trinajstić information content (AvgIpc) is 2.93. The molecule has 0 aromatic rings. The lowest BCUT2D eigenvalue weighted by Crippen LogP contribution is -2.50. The molecule has 2 bridgehead atoms. The molecule has 3 rings (SSSR count). The smallest absolute Gasteiger partial charge is 0.253 e. The minimum atomic E-state index is -3.56. The van der Waals surface area contributed by atoms with Crippen molar-refractivity contribution in [1.29, 1.82) is 0 Å². The van der Waals surface area contributed by atoms with Crippen molar-refractivity contribution in [2.75, 3.05) is 11.6 Å². The largest absolute Gasteiger partial charge is 0.320 e. The molecule has 1 heterocycles. The zero-order valence-electron chi connectivity index (χ0n) is 13.9. The standard InChI is InChI=1S/C16H27ClN2O3S/c1-15(2)11-6-7-16(15)10-23(21,22)19(13(16)9-11)14(20)12(18)5-3-4-8-17/h11-13H,3-10,18H2,1-2H3/t11-,12+,13-,16-/m1/s1/i12+2,14+2. The minimum Gasteiger partial charge on any atom is -0.320 e. The Hall–Kier alpha value is -0.330. The number of nitrogens with two attached hydrogens (primary N) is 1. The molecule has 0 unspecified atom stereocenters. The Kier molecular flexibility index (Phi) is 4.26. The molecule has 5 nitrogen and oxygen atoms in total. The maximum Gasteiger partial charge on any atom is 0.253 e. The second kappa shape index (κ2) is 5.60. The summed E-state index contributed by atoms with van der Waals surface area (Å²) in [7, 11) is -3.56. The molecule has 2 saturated carbocycles. The third kappa shape index (κ3) is 2.35. The third-order valence-corrected chi connectivity index (χ3v) is 9.03. The van der Waals surface area contributed by atoms with Crippen LogP contribution in [0.5, 0.6) is 0 Å². The highest BCUT2D eigenvalue weighted by molar-refractivity contribution is 7.90. The van der Waals surface area contributed by atoms with Crippen molar-refractivity contribution in [1.82, 2.24) is 4.31 Å². The fourth-order valence-electron chi connectivity index (χ4n) is 5.32. The number of carbonyl (C=O) groups is 1. The Labute approximate surface area is 144 Å². The number of fused-ring (bicyclic) bond motifs is 1. The summed E-state index contributed by atoms with van der Waals surface area (Å²) in [6, 6.07) is -0.932. The molecule has 1 spiro atoms. The minimum absolute atomic E-state index is 0.0253. The van der Waals surface area contributed by atoms with Crippen molar-refractivity contribution in [3.8, 4) is 0 Å². The van der Waals surface area contributed by atoms with Crippen LogP contribution in [-0.2, 0) is 14.8 Å². The first-order valence-corrected chi connectivity index (χ1v) is 10.7. The Balaban J connectivity index is 1.85. The summed E-state index contributed by atoms with van der Waals surface area (Å²) in [6.07, 6.45) is 4.80. The van der Waals surface area contributed by atoms with E-state index in [-0.39, 0.29) is 22.6 Å². The number of sulfonamides is 1. The first-order chi connectivity index (χ1) is 10.7. The van der Waals surface area contributed by atoms with E-state index >= 15 is 0 Å². The number of hydrogen-bond donors (Lipinski definition) is 1. The number of unbranched alkanes of at least 4 members (excludes halogenated alkanes) is 1. The van der Waals surface area contributed by atoms with E-state index in [2.05, 4.69) is 13.8 Å². The van der Waals surface area contributed by atoms with Gasteiger partial charge in [-0.05, 0) is 43.4 Å². The second-order valence-electron chi connectivity index (χ2n) is 8.05. The predicted molar refractivity (Wildman–Crippen MR) is 90.5 cm³/mol. The number of alkyl halides is 1. The van der Waals surface area contributed by atoms with E-state index in [1.54, 1.807) is 0 Å². The van der Waals surface area contributed by atoms with Crippen molar-refractivity contribution >= 4 is 27.5 Å². The van der Waals surface area contributed by atoms with E-state index in [0.717, 1.165) is 32.1 Å². The van der Waals surface area contributed by atoms with Crippen LogP contribution in [0.4, 0.5) is 0 Å². The summed E-state index contributed by atoms with van der Waals surface area (Å²) >= 11 is 5.65. The van der Waals surface area contributed by atoms with Crippen molar-refractivity contribution in [2.45, 2.75) is 64.5 Å². The van der Waals surface area contributed by atoms with E-state index in [0.29, 0.717) is 18.2 Å². The van der Waals surface area contributed by atoms with Gasteiger partial charge >= 0.3 is 0 Å². The maximum atomic E-state index is 12.8. The van der Waals surface area contributed by atoms with Gasteiger partial charge in [-0.25, -0.2) is 12.7 Å². The van der Waals surface area contributed by atoms with Gasteiger partial charge in [0.05, 0.1) is 17.8 Å². The van der Waals surface area contributed by atoms with E-state index in [1.807, 2.05) is 0 Å². The molecule has 4 atom stereocenters. The molecule has 2 aliphatic carbocycles. The summed E-state index contributed by atoms with van der Waals surface area (Å²) in [5.74, 6) is 0.731. The summed E-state index contributed by atoms with van der Waals surface area (Å²) < 4.78 is 26.7. The van der Waals surface area contributed by atoms with Crippen LogP contribution in [0.1, 0.15) is 52.4 Å². The Morgan fingerprint density at radius 1 is 1.39 bits per heavy atom. The van der Waals surface area contributed by atoms with Crippen LogP contribution >= 0.6 is 11.6 Å². The molecule has 1 amide bonds. The van der Waals surface area contributed by atoms with Crippen LogP contribution < -0.4 is 5.73 Å². The van der Waals surface area contributed by atoms with Gasteiger partial charge in [0.1, 0.15) is 0 Å². The highest BCUT2D eigenvalue weighted by atomic mass is 35.5. The van der Waals surface area contributed by atoms with E-state index in [1.165, 1.54) is 4.31 Å². The quantitative estimate of drug-likeness (QED) is 0.596. The zero-order valence-corrected chi connectivity index (χ0v) is 15.5. The molecule has 3 fully saturated rings. The molecule has 0 radical (unpaired) electrons. The molecule has 1 saturated heterocycles. The van der Waals surface area contributed by atoms with E-state index in [9.17, 15) is 13.2 Å². The zero-order chi connectivity index (χ0) is 17.0. The molecular weight excluding hydrogens is 340 g/mol. The molecule has 3 aliphatic rings. The Bertz CT molecular complexity index is 606. The predicted octanol–water partition coefficient (Wildman–Crippen LogP) is 2.09. The monoisotopic (exact) mass is 366 g/mol. The Morgan fingerprint density at radius 3 is 2.70 bits per heavy atom. The lowest BCUT2D eigenvalue weighted by molar-refractivity contribution is -0.130. The maximum absolute atomic E-state index is 12.8. The SMILES string of the molecule is CC1(C)[C@@H]2CC[C@]13CS(=O)(=O)N([14C](=O)[14C@@H](N)CCCCCl)[C@@H]3C2. The van der Waals surface area contributed by atoms with Gasteiger partial charge in [0, 0.05) is 11.3 Å². The molecule has 23 heavy (non-hydrogen) atoms. The van der Waals surface area contributed by atoms with Gasteiger partial charge < -0.3 is 5.73 Å². The highest BCUT2D eigenvalue weighted by Crippen LogP contribution is 2.69. The van der Waals surface area contributed by atoms with Gasteiger partial charge in [0.15, 0.2) is 0 Å². The van der Waals surface area contributed by atoms with E-state index < -0.39 is 22.0 Å². The first-order valence-electron chi connectivity index (χ1n) is 8.55. The van der Waals surface area contributed by atoms with Crippen LogP contribution in [-0.4, -0.2) is 42.3 Å². The molecular formula is C16H27ClN2O3S. The van der Waals surface area contributed by atoms with Gasteiger partial charge in [-0.1, -0.05) is 20.3 Å². The lowest BCUT2D eigenvalue weighted by atomic mass is 9.69. The molecule has 0 aromatic carbocycles. The summed E-state index contributed by atoms with van der Waals surface area (Å²) in [5.41, 5.74) is 5.71. The number of carbonyl (C=O) groups excluding carboxylic acids is 1. The second-order valence-corrected chi connectivity index (χ2v) is 10.3. The molecule has 2 N–H and O–H groups in total. The summed E-state index contributed by atoms with van der Waals surface area (Å²) in [5, 5.41) is 0. The van der Waals surface area contributed by atoms with Crippen molar-refractivity contribution in [3.05, 3.63) is 0 Å². The first kappa shape index (κ1) is 17.5. The number of rotatable bonds is 5. The normalized spacial score (nSPS) is 37.8. The van der Waals surface area contributed by atoms with Crippen molar-refractivity contribution in [2.24, 2.45) is 22.5 Å². The summed E-state index contributed by atoms with van der Waals surface area (Å²) in [6.45, 7) is 4.35. The Morgan fingerprint density at radius 2 is 2.09 bits per heavy atom. The summed E-state index contributed by atoms with van der Waals surface area (Å²) in [4.78, 5) is 12.8. The number of amides is 1.